The Morgan fingerprint density at radius 1 is 1.13 bits per heavy atom. The first-order valence-electron chi connectivity index (χ1n) is 10.4. The van der Waals surface area contributed by atoms with Gasteiger partial charge in [0.15, 0.2) is 0 Å². The van der Waals surface area contributed by atoms with Crippen molar-refractivity contribution in [3.8, 4) is 6.07 Å². The Morgan fingerprint density at radius 2 is 1.87 bits per heavy atom. The van der Waals surface area contributed by atoms with Crippen molar-refractivity contribution in [1.82, 2.24) is 4.90 Å². The van der Waals surface area contributed by atoms with E-state index < -0.39 is 0 Å². The second-order valence-corrected chi connectivity index (χ2v) is 8.08. The van der Waals surface area contributed by atoms with Gasteiger partial charge in [-0.1, -0.05) is 66.6 Å². The minimum Gasteiger partial charge on any atom is -0.440 e. The molecule has 2 aromatic carbocycles. The van der Waals surface area contributed by atoms with Gasteiger partial charge in [0.05, 0.1) is 5.92 Å². The summed E-state index contributed by atoms with van der Waals surface area (Å²) < 4.78 is 6.10. The number of nitrogens with zero attached hydrogens (tertiary/aromatic N) is 2. The minimum absolute atomic E-state index is 0.186. The van der Waals surface area contributed by atoms with E-state index in [0.717, 1.165) is 53.2 Å². The highest BCUT2D eigenvalue weighted by Gasteiger charge is 2.37. The maximum Gasteiger partial charge on any atom is 0.205 e. The van der Waals surface area contributed by atoms with E-state index in [-0.39, 0.29) is 11.8 Å². The fourth-order valence-electron chi connectivity index (χ4n) is 4.36. The monoisotopic (exact) mass is 397 g/mol. The van der Waals surface area contributed by atoms with Crippen LogP contribution in [0.3, 0.4) is 0 Å². The number of aryl methyl sites for hydroxylation is 2. The van der Waals surface area contributed by atoms with Crippen LogP contribution in [0.1, 0.15) is 35.1 Å². The topological polar surface area (TPSA) is 62.3 Å². The molecular weight excluding hydrogens is 370 g/mol. The van der Waals surface area contributed by atoms with Gasteiger partial charge in [-0.25, -0.2) is 0 Å². The van der Waals surface area contributed by atoms with Crippen molar-refractivity contribution in [3.63, 3.8) is 0 Å². The standard InChI is InChI=1S/C26H27N3O/c1-4-29-15-21(13-19-9-5-7-17(2)11-19)25-23(16-29)24(22(14-27)26(28)30-25)20-10-6-8-18(3)12-20/h5-13,24H,4,15-16,28H2,1-3H3/b21-13+. The summed E-state index contributed by atoms with van der Waals surface area (Å²) in [6.07, 6.45) is 2.18. The van der Waals surface area contributed by atoms with Crippen LogP contribution in [0.4, 0.5) is 0 Å². The lowest BCUT2D eigenvalue weighted by Crippen LogP contribution is -2.38. The smallest absolute Gasteiger partial charge is 0.205 e. The zero-order valence-corrected chi connectivity index (χ0v) is 17.8. The third-order valence-corrected chi connectivity index (χ3v) is 5.81. The van der Waals surface area contributed by atoms with E-state index in [1.165, 1.54) is 5.56 Å². The summed E-state index contributed by atoms with van der Waals surface area (Å²) in [6, 6.07) is 19.1. The number of rotatable bonds is 3. The zero-order valence-electron chi connectivity index (χ0n) is 17.8. The molecule has 4 rings (SSSR count). The summed E-state index contributed by atoms with van der Waals surface area (Å²) in [4.78, 5) is 2.38. The molecular formula is C26H27N3O. The van der Waals surface area contributed by atoms with Gasteiger partial charge in [0.2, 0.25) is 5.88 Å². The summed E-state index contributed by atoms with van der Waals surface area (Å²) in [6.45, 7) is 8.80. The predicted octanol–water partition coefficient (Wildman–Crippen LogP) is 4.78. The normalized spacial score (nSPS) is 20.7. The molecule has 0 bridgehead atoms. The van der Waals surface area contributed by atoms with Gasteiger partial charge >= 0.3 is 0 Å². The third-order valence-electron chi connectivity index (χ3n) is 5.81. The van der Waals surface area contributed by atoms with Crippen molar-refractivity contribution in [3.05, 3.63) is 99.1 Å². The molecule has 0 aliphatic carbocycles. The van der Waals surface area contributed by atoms with Crippen LogP contribution in [-0.2, 0) is 4.74 Å². The molecule has 2 aromatic rings. The van der Waals surface area contributed by atoms with E-state index in [9.17, 15) is 5.26 Å². The molecule has 2 heterocycles. The molecule has 30 heavy (non-hydrogen) atoms. The highest BCUT2D eigenvalue weighted by molar-refractivity contribution is 5.63. The highest BCUT2D eigenvalue weighted by atomic mass is 16.5. The van der Waals surface area contributed by atoms with E-state index in [1.807, 2.05) is 6.07 Å². The molecule has 0 fully saturated rings. The largest absolute Gasteiger partial charge is 0.440 e. The number of allylic oxidation sites excluding steroid dienone is 1. The van der Waals surface area contributed by atoms with E-state index in [0.29, 0.717) is 5.57 Å². The summed E-state index contributed by atoms with van der Waals surface area (Å²) >= 11 is 0. The molecule has 0 saturated carbocycles. The maximum absolute atomic E-state index is 9.89. The molecule has 4 nitrogen and oxygen atoms in total. The molecule has 1 unspecified atom stereocenters. The number of hydrogen-bond donors (Lipinski definition) is 1. The van der Waals surface area contributed by atoms with Crippen molar-refractivity contribution in [2.45, 2.75) is 26.7 Å². The Morgan fingerprint density at radius 3 is 2.53 bits per heavy atom. The summed E-state index contributed by atoms with van der Waals surface area (Å²) in [5.74, 6) is 0.848. The van der Waals surface area contributed by atoms with Crippen LogP contribution in [0.5, 0.6) is 0 Å². The average molecular weight is 398 g/mol. The Balaban J connectivity index is 1.89. The van der Waals surface area contributed by atoms with Crippen LogP contribution in [0.15, 0.2) is 76.9 Å². The van der Waals surface area contributed by atoms with Gasteiger partial charge in [0.25, 0.3) is 0 Å². The molecule has 152 valence electrons. The molecule has 0 aromatic heterocycles. The number of hydrogen-bond acceptors (Lipinski definition) is 4. The number of nitrogens with two attached hydrogens (primary N) is 1. The lowest BCUT2D eigenvalue weighted by molar-refractivity contribution is 0.239. The minimum atomic E-state index is -0.186. The van der Waals surface area contributed by atoms with Crippen molar-refractivity contribution < 1.29 is 4.74 Å². The summed E-state index contributed by atoms with van der Waals surface area (Å²) in [7, 11) is 0. The number of nitriles is 1. The number of likely N-dealkylation sites (N-methyl/N-ethyl adjacent to an activating group) is 1. The highest BCUT2D eigenvalue weighted by Crippen LogP contribution is 2.43. The number of benzene rings is 2. The fraction of sp³-hybridized carbons (Fsp3) is 0.269. The van der Waals surface area contributed by atoms with Crippen LogP contribution in [-0.4, -0.2) is 24.5 Å². The summed E-state index contributed by atoms with van der Waals surface area (Å²) in [5.41, 5.74) is 13.6. The van der Waals surface area contributed by atoms with Gasteiger partial charge in [-0.2, -0.15) is 5.26 Å². The fourth-order valence-corrected chi connectivity index (χ4v) is 4.36. The second-order valence-electron chi connectivity index (χ2n) is 8.08. The van der Waals surface area contributed by atoms with Crippen molar-refractivity contribution in [2.75, 3.05) is 19.6 Å². The van der Waals surface area contributed by atoms with Crippen LogP contribution in [0.2, 0.25) is 0 Å². The van der Waals surface area contributed by atoms with E-state index in [2.05, 4.69) is 80.3 Å². The van der Waals surface area contributed by atoms with Gasteiger partial charge in [0.1, 0.15) is 17.4 Å². The lowest BCUT2D eigenvalue weighted by Gasteiger charge is -2.38. The number of ether oxygens (including phenoxy) is 1. The molecule has 2 N–H and O–H groups in total. The van der Waals surface area contributed by atoms with Gasteiger partial charge in [0, 0.05) is 18.7 Å². The first kappa shape index (κ1) is 20.0. The molecule has 2 aliphatic heterocycles. The zero-order chi connectivity index (χ0) is 21.3. The van der Waals surface area contributed by atoms with Crippen LogP contribution >= 0.6 is 0 Å². The third kappa shape index (κ3) is 3.77. The Kier molecular flexibility index (Phi) is 5.48. The van der Waals surface area contributed by atoms with Crippen molar-refractivity contribution >= 4 is 6.08 Å². The quantitative estimate of drug-likeness (QED) is 0.809. The molecule has 4 heteroatoms. The first-order valence-corrected chi connectivity index (χ1v) is 10.4. The maximum atomic E-state index is 9.89. The lowest BCUT2D eigenvalue weighted by atomic mass is 9.80. The van der Waals surface area contributed by atoms with Crippen molar-refractivity contribution in [2.24, 2.45) is 5.73 Å². The van der Waals surface area contributed by atoms with E-state index in [1.54, 1.807) is 0 Å². The molecule has 0 amide bonds. The predicted molar refractivity (Wildman–Crippen MR) is 120 cm³/mol. The van der Waals surface area contributed by atoms with Crippen LogP contribution in [0, 0.1) is 25.2 Å². The van der Waals surface area contributed by atoms with Gasteiger partial charge in [-0.05, 0) is 43.2 Å². The Labute approximate surface area is 178 Å². The average Bonchev–Trinajstić information content (AvgIpc) is 2.73. The molecule has 0 radical (unpaired) electrons. The molecule has 0 saturated heterocycles. The van der Waals surface area contributed by atoms with E-state index in [4.69, 9.17) is 10.5 Å². The molecule has 0 spiro atoms. The van der Waals surface area contributed by atoms with Crippen LogP contribution < -0.4 is 5.73 Å². The Bertz CT molecular complexity index is 1120. The Hall–Kier alpha value is -3.29. The van der Waals surface area contributed by atoms with E-state index >= 15 is 0 Å². The summed E-state index contributed by atoms with van der Waals surface area (Å²) in [5, 5.41) is 9.89. The van der Waals surface area contributed by atoms with Gasteiger partial charge < -0.3 is 10.5 Å². The SMILES string of the molecule is CCN1CC2=C(OC(N)=C(C#N)C2c2cccc(C)c2)/C(=C/c2cccc(C)c2)C1. The molecule has 1 atom stereocenters. The van der Waals surface area contributed by atoms with Crippen LogP contribution in [0.25, 0.3) is 6.08 Å². The van der Waals surface area contributed by atoms with Gasteiger partial charge in [-0.15, -0.1) is 0 Å². The van der Waals surface area contributed by atoms with Crippen molar-refractivity contribution in [1.29, 1.82) is 5.26 Å². The van der Waals surface area contributed by atoms with Gasteiger partial charge in [-0.3, -0.25) is 4.90 Å². The molecule has 2 aliphatic rings. The second kappa shape index (κ2) is 8.22. The first-order chi connectivity index (χ1) is 14.5.